The van der Waals surface area contributed by atoms with Gasteiger partial charge in [-0.15, -0.1) is 24.0 Å². The molecule has 25 heavy (non-hydrogen) atoms. The Balaban J connectivity index is 0.00000312. The van der Waals surface area contributed by atoms with Gasteiger partial charge in [-0.3, -0.25) is 4.99 Å². The van der Waals surface area contributed by atoms with E-state index in [0.717, 1.165) is 11.5 Å². The Morgan fingerprint density at radius 1 is 1.44 bits per heavy atom. The van der Waals surface area contributed by atoms with E-state index in [1.165, 1.54) is 0 Å². The lowest BCUT2D eigenvalue weighted by molar-refractivity contribution is 0.462. The second kappa shape index (κ2) is 9.97. The maximum atomic E-state index is 11.6. The maximum Gasteiger partial charge on any atom is 0.194 e. The average molecular weight is 500 g/mol. The molecule has 1 aromatic rings. The minimum atomic E-state index is -2.86. The van der Waals surface area contributed by atoms with Crippen LogP contribution in [0.1, 0.15) is 25.8 Å². The Labute approximate surface area is 173 Å². The fourth-order valence-corrected chi connectivity index (χ4v) is 4.81. The summed E-state index contributed by atoms with van der Waals surface area (Å²) in [4.78, 5) is 6.70. The predicted octanol–water partition coefficient (Wildman–Crippen LogP) is 3.18. The van der Waals surface area contributed by atoms with Crippen molar-refractivity contribution in [3.05, 3.63) is 34.9 Å². The number of rotatable bonds is 5. The number of nitrogens with zero attached hydrogens (tertiary/aromatic N) is 2. The van der Waals surface area contributed by atoms with E-state index in [4.69, 9.17) is 11.6 Å². The first-order valence-electron chi connectivity index (χ1n) is 8.22. The van der Waals surface area contributed by atoms with Crippen LogP contribution in [0.2, 0.25) is 5.02 Å². The lowest BCUT2D eigenvalue weighted by Crippen LogP contribution is -2.42. The number of benzene rings is 1. The molecule has 1 aliphatic rings. The molecule has 142 valence electrons. The van der Waals surface area contributed by atoms with Crippen molar-refractivity contribution >= 4 is 51.4 Å². The molecule has 1 saturated heterocycles. The fraction of sp³-hybridized carbons (Fsp3) is 0.588. The number of hydrogen-bond acceptors (Lipinski definition) is 3. The van der Waals surface area contributed by atoms with Crippen LogP contribution >= 0.6 is 35.6 Å². The van der Waals surface area contributed by atoms with Gasteiger partial charge in [-0.2, -0.15) is 0 Å². The Hall–Kier alpha value is -0.540. The highest BCUT2D eigenvalue weighted by atomic mass is 127. The zero-order valence-electron chi connectivity index (χ0n) is 14.9. The van der Waals surface area contributed by atoms with E-state index >= 15 is 0 Å². The quantitative estimate of drug-likeness (QED) is 0.384. The van der Waals surface area contributed by atoms with Gasteiger partial charge < -0.3 is 10.2 Å². The van der Waals surface area contributed by atoms with Gasteiger partial charge in [0, 0.05) is 31.2 Å². The molecule has 0 saturated carbocycles. The zero-order valence-corrected chi connectivity index (χ0v) is 18.8. The SMILES string of the molecule is CC(C)NC(=NCC1CCS(=O)(=O)C1)N(C)Cc1cccc(Cl)c1.I. The number of hydrogen-bond donors (Lipinski definition) is 1. The Bertz CT molecular complexity index is 695. The summed E-state index contributed by atoms with van der Waals surface area (Å²) in [6.07, 6.45) is 0.707. The van der Waals surface area contributed by atoms with Crippen LogP contribution in [-0.4, -0.2) is 50.4 Å². The third kappa shape index (κ3) is 7.70. The van der Waals surface area contributed by atoms with Crippen LogP contribution in [0.25, 0.3) is 0 Å². The van der Waals surface area contributed by atoms with E-state index in [2.05, 4.69) is 24.2 Å². The second-order valence-corrected chi connectivity index (χ2v) is 9.38. The molecule has 1 fully saturated rings. The molecular formula is C17H27ClIN3O2S. The van der Waals surface area contributed by atoms with Crippen molar-refractivity contribution in [1.82, 2.24) is 10.2 Å². The topological polar surface area (TPSA) is 61.8 Å². The Kier molecular flexibility index (Phi) is 8.97. The molecule has 5 nitrogen and oxygen atoms in total. The molecule has 0 bridgehead atoms. The molecule has 1 heterocycles. The van der Waals surface area contributed by atoms with Gasteiger partial charge in [0.15, 0.2) is 15.8 Å². The van der Waals surface area contributed by atoms with Crippen molar-refractivity contribution in [3.8, 4) is 0 Å². The summed E-state index contributed by atoms with van der Waals surface area (Å²) in [7, 11) is -0.885. The van der Waals surface area contributed by atoms with Gasteiger partial charge >= 0.3 is 0 Å². The molecule has 1 aliphatic heterocycles. The lowest BCUT2D eigenvalue weighted by atomic mass is 10.1. The molecule has 0 aromatic heterocycles. The average Bonchev–Trinajstić information content (AvgIpc) is 2.82. The highest BCUT2D eigenvalue weighted by molar-refractivity contribution is 14.0. The van der Waals surface area contributed by atoms with E-state index < -0.39 is 9.84 Å². The van der Waals surface area contributed by atoms with Crippen molar-refractivity contribution in [3.63, 3.8) is 0 Å². The molecule has 0 aliphatic carbocycles. The van der Waals surface area contributed by atoms with Crippen LogP contribution in [0.5, 0.6) is 0 Å². The summed E-state index contributed by atoms with van der Waals surface area (Å²) in [6, 6.07) is 8.00. The summed E-state index contributed by atoms with van der Waals surface area (Å²) in [5.41, 5.74) is 1.10. The minimum absolute atomic E-state index is 0. The number of halogens is 2. The van der Waals surface area contributed by atoms with Crippen LogP contribution in [0, 0.1) is 5.92 Å². The smallest absolute Gasteiger partial charge is 0.194 e. The summed E-state index contributed by atoms with van der Waals surface area (Å²) < 4.78 is 23.2. The van der Waals surface area contributed by atoms with Crippen molar-refractivity contribution in [1.29, 1.82) is 0 Å². The molecule has 8 heteroatoms. The molecular weight excluding hydrogens is 473 g/mol. The fourth-order valence-electron chi connectivity index (χ4n) is 2.75. The Morgan fingerprint density at radius 2 is 2.16 bits per heavy atom. The molecule has 0 radical (unpaired) electrons. The van der Waals surface area contributed by atoms with Crippen molar-refractivity contribution in [2.75, 3.05) is 25.1 Å². The van der Waals surface area contributed by atoms with E-state index in [1.54, 1.807) is 0 Å². The summed E-state index contributed by atoms with van der Waals surface area (Å²) in [5.74, 6) is 1.45. The van der Waals surface area contributed by atoms with Gasteiger partial charge in [-0.05, 0) is 43.9 Å². The largest absolute Gasteiger partial charge is 0.354 e. The molecule has 0 spiro atoms. The summed E-state index contributed by atoms with van der Waals surface area (Å²) in [5, 5.41) is 4.07. The van der Waals surface area contributed by atoms with Crippen molar-refractivity contribution < 1.29 is 8.42 Å². The molecule has 1 atom stereocenters. The van der Waals surface area contributed by atoms with E-state index in [1.807, 2.05) is 36.2 Å². The highest BCUT2D eigenvalue weighted by Gasteiger charge is 2.27. The molecule has 1 unspecified atom stereocenters. The second-order valence-electron chi connectivity index (χ2n) is 6.72. The summed E-state index contributed by atoms with van der Waals surface area (Å²) >= 11 is 6.04. The number of aliphatic imine (C=N–C) groups is 1. The van der Waals surface area contributed by atoms with E-state index in [-0.39, 0.29) is 41.7 Å². The van der Waals surface area contributed by atoms with Crippen LogP contribution in [0.4, 0.5) is 0 Å². The first-order chi connectivity index (χ1) is 11.2. The van der Waals surface area contributed by atoms with Gasteiger partial charge in [0.25, 0.3) is 0 Å². The standard InChI is InChI=1S/C17H26ClN3O2S.HI/c1-13(2)20-17(19-10-15-7-8-24(22,23)12-15)21(3)11-14-5-4-6-16(18)9-14;/h4-6,9,13,15H,7-8,10-12H2,1-3H3,(H,19,20);1H. The predicted molar refractivity (Wildman–Crippen MR) is 116 cm³/mol. The third-order valence-electron chi connectivity index (χ3n) is 3.91. The highest BCUT2D eigenvalue weighted by Crippen LogP contribution is 2.19. The minimum Gasteiger partial charge on any atom is -0.354 e. The van der Waals surface area contributed by atoms with Gasteiger partial charge in [0.2, 0.25) is 0 Å². The van der Waals surface area contributed by atoms with Crippen molar-refractivity contribution in [2.24, 2.45) is 10.9 Å². The number of sulfone groups is 1. The first kappa shape index (κ1) is 22.5. The van der Waals surface area contributed by atoms with Crippen LogP contribution in [0.3, 0.4) is 0 Å². The number of nitrogens with one attached hydrogen (secondary N) is 1. The van der Waals surface area contributed by atoms with Crippen molar-refractivity contribution in [2.45, 2.75) is 32.9 Å². The Morgan fingerprint density at radius 3 is 2.72 bits per heavy atom. The lowest BCUT2D eigenvalue weighted by Gasteiger charge is -2.25. The zero-order chi connectivity index (χ0) is 17.7. The monoisotopic (exact) mass is 499 g/mol. The molecule has 0 amide bonds. The van der Waals surface area contributed by atoms with Crippen LogP contribution in [0.15, 0.2) is 29.3 Å². The van der Waals surface area contributed by atoms with Gasteiger partial charge in [-0.1, -0.05) is 23.7 Å². The normalized spacial score (nSPS) is 19.6. The van der Waals surface area contributed by atoms with Crippen LogP contribution in [-0.2, 0) is 16.4 Å². The van der Waals surface area contributed by atoms with Gasteiger partial charge in [-0.25, -0.2) is 8.42 Å². The first-order valence-corrected chi connectivity index (χ1v) is 10.4. The van der Waals surface area contributed by atoms with Gasteiger partial charge in [0.1, 0.15) is 0 Å². The third-order valence-corrected chi connectivity index (χ3v) is 5.99. The molecule has 1 N–H and O–H groups in total. The molecule has 2 rings (SSSR count). The molecule has 1 aromatic carbocycles. The van der Waals surface area contributed by atoms with Crippen LogP contribution < -0.4 is 5.32 Å². The van der Waals surface area contributed by atoms with E-state index in [0.29, 0.717) is 30.3 Å². The van der Waals surface area contributed by atoms with Gasteiger partial charge in [0.05, 0.1) is 11.5 Å². The van der Waals surface area contributed by atoms with E-state index in [9.17, 15) is 8.42 Å². The summed E-state index contributed by atoms with van der Waals surface area (Å²) in [6.45, 7) is 5.34. The maximum absolute atomic E-state index is 11.6. The number of guanidine groups is 1.